The molecule has 0 aliphatic carbocycles. The van der Waals surface area contributed by atoms with Crippen LogP contribution in [0.2, 0.25) is 0 Å². The molecule has 0 N–H and O–H groups in total. The Morgan fingerprint density at radius 1 is 0.756 bits per heavy atom. The summed E-state index contributed by atoms with van der Waals surface area (Å²) in [5, 5.41) is 0. The van der Waals surface area contributed by atoms with Crippen LogP contribution < -0.4 is 4.89 Å². The van der Waals surface area contributed by atoms with Crippen LogP contribution in [0.3, 0.4) is 0 Å². The molecular weight excluding hydrogens is 541 g/mol. The van der Waals surface area contributed by atoms with Gasteiger partial charge in [-0.2, -0.15) is 0 Å². The topological polar surface area (TPSA) is 94.1 Å². The summed E-state index contributed by atoms with van der Waals surface area (Å²) in [5.41, 5.74) is 0. The number of ether oxygens (including phenoxy) is 2. The van der Waals surface area contributed by atoms with E-state index >= 15 is 0 Å². The molecule has 0 spiro atoms. The van der Waals surface area contributed by atoms with E-state index in [0.717, 1.165) is 64.2 Å². The van der Waals surface area contributed by atoms with Gasteiger partial charge in [0.1, 0.15) is 19.3 Å². The molecule has 0 aromatic carbocycles. The molecule has 0 saturated carbocycles. The van der Waals surface area contributed by atoms with E-state index in [-0.39, 0.29) is 19.8 Å². The molecule has 0 bridgehead atoms. The van der Waals surface area contributed by atoms with Gasteiger partial charge in [0.25, 0.3) is 7.82 Å². The summed E-state index contributed by atoms with van der Waals surface area (Å²) in [7, 11) is 1.31. The van der Waals surface area contributed by atoms with Crippen molar-refractivity contribution in [2.24, 2.45) is 0 Å². The predicted octanol–water partition coefficient (Wildman–Crippen LogP) is 6.84. The lowest BCUT2D eigenvalue weighted by Crippen LogP contribution is -2.37. The molecule has 0 saturated heterocycles. The summed E-state index contributed by atoms with van der Waals surface area (Å²) in [6.45, 7) is 4.17. The maximum absolute atomic E-state index is 12.0. The van der Waals surface area contributed by atoms with Crippen molar-refractivity contribution in [2.75, 3.05) is 54.1 Å². The van der Waals surface area contributed by atoms with Gasteiger partial charge in [-0.25, -0.2) is 0 Å². The van der Waals surface area contributed by atoms with Crippen molar-refractivity contribution in [1.29, 1.82) is 0 Å². The molecule has 9 heteroatoms. The zero-order valence-electron chi connectivity index (χ0n) is 26.2. The van der Waals surface area contributed by atoms with E-state index in [0.29, 0.717) is 17.6 Å². The molecule has 0 radical (unpaired) electrons. The van der Waals surface area contributed by atoms with Crippen molar-refractivity contribution >= 4 is 13.8 Å². The third-order valence-electron chi connectivity index (χ3n) is 5.63. The molecule has 41 heavy (non-hydrogen) atoms. The highest BCUT2D eigenvalue weighted by atomic mass is 31.2. The third-order valence-corrected chi connectivity index (χ3v) is 6.60. The van der Waals surface area contributed by atoms with E-state index in [1.165, 1.54) is 6.92 Å². The number of nitrogens with zero attached hydrogens (tertiary/aromatic N) is 1. The SMILES string of the molecule is CC/C=C\C/C=C\C/C=C\C/C=C\C/C=C\CCCCCCOCC(COP(=O)([O-])OCC[N+](C)(C)C)OC(C)=O. The maximum Gasteiger partial charge on any atom is 0.303 e. The summed E-state index contributed by atoms with van der Waals surface area (Å²) in [6.07, 6.45) is 31.5. The quantitative estimate of drug-likeness (QED) is 0.0354. The van der Waals surface area contributed by atoms with Crippen LogP contribution in [0.5, 0.6) is 0 Å². The first kappa shape index (κ1) is 39.2. The summed E-state index contributed by atoms with van der Waals surface area (Å²) in [6, 6.07) is 0. The number of allylic oxidation sites excluding steroid dienone is 10. The van der Waals surface area contributed by atoms with Gasteiger partial charge < -0.3 is 27.9 Å². The van der Waals surface area contributed by atoms with Crippen LogP contribution in [0.15, 0.2) is 60.8 Å². The van der Waals surface area contributed by atoms with E-state index in [2.05, 4.69) is 67.7 Å². The third kappa shape index (κ3) is 31.0. The van der Waals surface area contributed by atoms with Gasteiger partial charge in [0.05, 0.1) is 34.4 Å². The van der Waals surface area contributed by atoms with Crippen LogP contribution in [0.1, 0.15) is 78.1 Å². The van der Waals surface area contributed by atoms with Crippen molar-refractivity contribution in [3.8, 4) is 0 Å². The maximum atomic E-state index is 12.0. The first-order valence-corrected chi connectivity index (χ1v) is 16.4. The monoisotopic (exact) mass is 597 g/mol. The summed E-state index contributed by atoms with van der Waals surface area (Å²) < 4.78 is 33.0. The highest BCUT2D eigenvalue weighted by molar-refractivity contribution is 7.45. The lowest BCUT2D eigenvalue weighted by Gasteiger charge is -2.28. The van der Waals surface area contributed by atoms with Gasteiger partial charge in [-0.15, -0.1) is 0 Å². The zero-order valence-corrected chi connectivity index (χ0v) is 27.1. The number of carbonyl (C=O) groups is 1. The second-order valence-corrected chi connectivity index (χ2v) is 12.2. The van der Waals surface area contributed by atoms with E-state index in [4.69, 9.17) is 18.5 Å². The van der Waals surface area contributed by atoms with Crippen LogP contribution in [0, 0.1) is 0 Å². The minimum Gasteiger partial charge on any atom is -0.756 e. The number of hydrogen-bond donors (Lipinski definition) is 0. The molecule has 0 aliphatic rings. The molecule has 0 aliphatic heterocycles. The van der Waals surface area contributed by atoms with Crippen LogP contribution in [0.25, 0.3) is 0 Å². The molecule has 2 unspecified atom stereocenters. The highest BCUT2D eigenvalue weighted by Gasteiger charge is 2.19. The predicted molar refractivity (Wildman–Crippen MR) is 166 cm³/mol. The van der Waals surface area contributed by atoms with E-state index in [1.54, 1.807) is 0 Å². The number of phosphoric ester groups is 1. The second kappa shape index (κ2) is 25.9. The Balaban J connectivity index is 3.85. The Morgan fingerprint density at radius 3 is 1.83 bits per heavy atom. The van der Waals surface area contributed by atoms with Gasteiger partial charge in [-0.05, 0) is 51.4 Å². The Morgan fingerprint density at radius 2 is 1.29 bits per heavy atom. The fourth-order valence-corrected chi connectivity index (χ4v) is 4.12. The van der Waals surface area contributed by atoms with Gasteiger partial charge in [-0.3, -0.25) is 9.36 Å². The lowest BCUT2D eigenvalue weighted by molar-refractivity contribution is -0.870. The van der Waals surface area contributed by atoms with Crippen molar-refractivity contribution in [2.45, 2.75) is 84.2 Å². The number of phosphoric acid groups is 1. The van der Waals surface area contributed by atoms with Crippen LogP contribution >= 0.6 is 7.82 Å². The summed E-state index contributed by atoms with van der Waals surface area (Å²) in [5.74, 6) is -0.524. The van der Waals surface area contributed by atoms with E-state index in [9.17, 15) is 14.3 Å². The van der Waals surface area contributed by atoms with E-state index < -0.39 is 19.9 Å². The van der Waals surface area contributed by atoms with Crippen molar-refractivity contribution in [3.05, 3.63) is 60.8 Å². The molecule has 0 heterocycles. The van der Waals surface area contributed by atoms with Crippen molar-refractivity contribution < 1.29 is 37.3 Å². The minimum atomic E-state index is -4.48. The number of rotatable bonds is 26. The molecule has 0 aromatic rings. The first-order valence-electron chi connectivity index (χ1n) is 15.0. The van der Waals surface area contributed by atoms with Gasteiger partial charge in [-0.1, -0.05) is 80.5 Å². The standard InChI is InChI=1S/C32H56NO7P/c1-6-7-8-9-10-11-12-13-14-15-16-17-18-19-20-21-22-23-24-25-27-37-29-32(40-31(2)34)30-39-41(35,36)38-28-26-33(3,4)5/h7-8,10-11,13-14,16-17,19-20,32H,6,9,12,15,18,21-30H2,1-5H3/b8-7-,11-10-,14-13-,17-16-,20-19-. The molecule has 8 nitrogen and oxygen atoms in total. The Labute approximate surface area is 250 Å². The highest BCUT2D eigenvalue weighted by Crippen LogP contribution is 2.38. The average Bonchev–Trinajstić information content (AvgIpc) is 2.89. The average molecular weight is 598 g/mol. The normalized spacial score (nSPS) is 15.2. The van der Waals surface area contributed by atoms with Crippen LogP contribution in [-0.4, -0.2) is 70.7 Å². The van der Waals surface area contributed by atoms with Gasteiger partial charge in [0.15, 0.2) is 0 Å². The van der Waals surface area contributed by atoms with Gasteiger partial charge in [0, 0.05) is 13.5 Å². The van der Waals surface area contributed by atoms with Crippen LogP contribution in [-0.2, 0) is 27.9 Å². The second-order valence-electron chi connectivity index (χ2n) is 10.8. The smallest absolute Gasteiger partial charge is 0.303 e. The molecule has 0 amide bonds. The van der Waals surface area contributed by atoms with Gasteiger partial charge in [0.2, 0.25) is 0 Å². The minimum absolute atomic E-state index is 0.0140. The largest absolute Gasteiger partial charge is 0.756 e. The Hall–Kier alpha value is -1.80. The number of carbonyl (C=O) groups excluding carboxylic acids is 1. The first-order chi connectivity index (χ1) is 19.6. The summed E-state index contributed by atoms with van der Waals surface area (Å²) >= 11 is 0. The number of quaternary nitrogens is 1. The molecule has 0 fully saturated rings. The number of esters is 1. The molecule has 2 atom stereocenters. The van der Waals surface area contributed by atoms with Crippen LogP contribution in [0.4, 0.5) is 0 Å². The van der Waals surface area contributed by atoms with E-state index in [1.807, 2.05) is 21.1 Å². The fourth-order valence-electron chi connectivity index (χ4n) is 3.39. The lowest BCUT2D eigenvalue weighted by atomic mass is 10.1. The number of likely N-dealkylation sites (N-methyl/N-ethyl adjacent to an activating group) is 1. The molecular formula is C32H56NO7P. The molecule has 236 valence electrons. The fraction of sp³-hybridized carbons (Fsp3) is 0.656. The number of hydrogen-bond acceptors (Lipinski definition) is 7. The molecule has 0 aromatic heterocycles. The summed E-state index contributed by atoms with van der Waals surface area (Å²) in [4.78, 5) is 23.3. The Bertz CT molecular complexity index is 843. The van der Waals surface area contributed by atoms with Crippen molar-refractivity contribution in [1.82, 2.24) is 0 Å². The van der Waals surface area contributed by atoms with Crippen molar-refractivity contribution in [3.63, 3.8) is 0 Å². The zero-order chi connectivity index (χ0) is 30.7. The molecule has 0 rings (SSSR count). The number of unbranched alkanes of at least 4 members (excludes halogenated alkanes) is 4. The van der Waals surface area contributed by atoms with Gasteiger partial charge >= 0.3 is 5.97 Å². The Kier molecular flexibility index (Phi) is 24.7.